The van der Waals surface area contributed by atoms with E-state index in [9.17, 15) is 0 Å². The van der Waals surface area contributed by atoms with Crippen molar-refractivity contribution in [1.29, 1.82) is 0 Å². The Morgan fingerprint density at radius 2 is 2.24 bits per heavy atom. The molecule has 4 nitrogen and oxygen atoms in total. The highest BCUT2D eigenvalue weighted by molar-refractivity contribution is 7.96. The topological polar surface area (TPSA) is 41.0 Å². The van der Waals surface area contributed by atoms with Crippen molar-refractivity contribution in [3.8, 4) is 11.3 Å². The van der Waals surface area contributed by atoms with E-state index in [1.54, 1.807) is 18.1 Å². The number of hydrogen-bond acceptors (Lipinski definition) is 5. The van der Waals surface area contributed by atoms with Crippen LogP contribution in [-0.4, -0.2) is 33.8 Å². The van der Waals surface area contributed by atoms with Gasteiger partial charge in [-0.3, -0.25) is 9.71 Å². The maximum absolute atomic E-state index is 6.47. The van der Waals surface area contributed by atoms with Crippen LogP contribution in [-0.2, 0) is 0 Å². The zero-order valence-corrected chi connectivity index (χ0v) is 16.4. The Hall–Kier alpha value is -1.30. The summed E-state index contributed by atoms with van der Waals surface area (Å²) >= 11 is 8.18. The third-order valence-corrected chi connectivity index (χ3v) is 6.59. The van der Waals surface area contributed by atoms with Gasteiger partial charge in [-0.25, -0.2) is 4.98 Å². The van der Waals surface area contributed by atoms with Gasteiger partial charge < -0.3 is 4.90 Å². The predicted molar refractivity (Wildman–Crippen MR) is 106 cm³/mol. The Morgan fingerprint density at radius 3 is 3.00 bits per heavy atom. The first kappa shape index (κ1) is 17.1. The molecular weight excluding hydrogens is 352 g/mol. The molecule has 0 aliphatic carbocycles. The molecule has 4 rings (SSSR count). The van der Waals surface area contributed by atoms with Crippen molar-refractivity contribution >= 4 is 29.4 Å². The van der Waals surface area contributed by atoms with E-state index in [0.717, 1.165) is 22.6 Å². The van der Waals surface area contributed by atoms with E-state index in [1.807, 2.05) is 12.3 Å². The van der Waals surface area contributed by atoms with Crippen LogP contribution >= 0.6 is 23.5 Å². The lowest BCUT2D eigenvalue weighted by atomic mass is 9.85. The van der Waals surface area contributed by atoms with Gasteiger partial charge in [0.2, 0.25) is 0 Å². The van der Waals surface area contributed by atoms with Crippen molar-refractivity contribution in [3.05, 3.63) is 41.2 Å². The van der Waals surface area contributed by atoms with Gasteiger partial charge in [-0.2, -0.15) is 0 Å². The summed E-state index contributed by atoms with van der Waals surface area (Å²) in [6.45, 7) is 4.42. The van der Waals surface area contributed by atoms with Gasteiger partial charge in [-0.1, -0.05) is 29.6 Å². The van der Waals surface area contributed by atoms with Gasteiger partial charge >= 0.3 is 0 Å². The molecule has 2 aliphatic rings. The molecule has 0 radical (unpaired) electrons. The number of aromatic nitrogens is 2. The van der Waals surface area contributed by atoms with Crippen LogP contribution < -0.4 is 9.62 Å². The highest BCUT2D eigenvalue weighted by Crippen LogP contribution is 2.49. The number of rotatable bonds is 4. The van der Waals surface area contributed by atoms with Crippen LogP contribution in [0.25, 0.3) is 11.3 Å². The molecule has 2 aliphatic heterocycles. The summed E-state index contributed by atoms with van der Waals surface area (Å²) < 4.78 is 3.59. The Kier molecular flexibility index (Phi) is 4.42. The monoisotopic (exact) mass is 374 g/mol. The van der Waals surface area contributed by atoms with Gasteiger partial charge in [0.05, 0.1) is 16.3 Å². The number of nitrogens with zero attached hydrogens (tertiary/aromatic N) is 3. The van der Waals surface area contributed by atoms with E-state index in [2.05, 4.69) is 51.8 Å². The van der Waals surface area contributed by atoms with Gasteiger partial charge in [0, 0.05) is 30.0 Å². The third-order valence-electron chi connectivity index (χ3n) is 5.77. The molecule has 4 heterocycles. The molecule has 0 saturated carbocycles. The van der Waals surface area contributed by atoms with Crippen LogP contribution in [0.15, 0.2) is 30.6 Å². The molecule has 132 valence electrons. The summed E-state index contributed by atoms with van der Waals surface area (Å²) in [5.74, 6) is 1.01. The number of pyridine rings is 2. The van der Waals surface area contributed by atoms with Crippen molar-refractivity contribution in [3.63, 3.8) is 0 Å². The van der Waals surface area contributed by atoms with Crippen LogP contribution in [0.4, 0.5) is 5.82 Å². The van der Waals surface area contributed by atoms with Crippen molar-refractivity contribution < 1.29 is 0 Å². The molecule has 2 saturated heterocycles. The smallest absolute Gasteiger partial charge is 0.130 e. The number of anilines is 1. The van der Waals surface area contributed by atoms with E-state index < -0.39 is 0 Å². The predicted octanol–water partition coefficient (Wildman–Crippen LogP) is 4.47. The molecule has 3 unspecified atom stereocenters. The minimum absolute atomic E-state index is 0.102. The number of fused-ring (bicyclic) bond motifs is 2. The summed E-state index contributed by atoms with van der Waals surface area (Å²) in [5.41, 5.74) is 3.13. The molecule has 2 aromatic heterocycles. The molecular formula is C19H23ClN4S. The first-order valence-corrected chi connectivity index (χ1v) is 10.3. The van der Waals surface area contributed by atoms with Crippen molar-refractivity contribution in [1.82, 2.24) is 14.7 Å². The van der Waals surface area contributed by atoms with Gasteiger partial charge in [0.25, 0.3) is 0 Å². The molecule has 1 N–H and O–H groups in total. The Morgan fingerprint density at radius 1 is 1.40 bits per heavy atom. The summed E-state index contributed by atoms with van der Waals surface area (Å²) in [6, 6.07) is 7.17. The summed E-state index contributed by atoms with van der Waals surface area (Å²) in [4.78, 5) is 11.7. The van der Waals surface area contributed by atoms with E-state index in [-0.39, 0.29) is 5.54 Å². The van der Waals surface area contributed by atoms with Crippen LogP contribution in [0.3, 0.4) is 0 Å². The average molecular weight is 375 g/mol. The summed E-state index contributed by atoms with van der Waals surface area (Å²) in [5, 5.41) is 0.654. The lowest BCUT2D eigenvalue weighted by Gasteiger charge is -2.37. The number of aryl methyl sites for hydroxylation is 1. The minimum atomic E-state index is 0.102. The van der Waals surface area contributed by atoms with Crippen LogP contribution in [0, 0.1) is 6.92 Å². The second-order valence-electron chi connectivity index (χ2n) is 7.22. The molecule has 0 spiro atoms. The quantitative estimate of drug-likeness (QED) is 0.799. The lowest BCUT2D eigenvalue weighted by molar-refractivity contribution is 0.370. The fourth-order valence-electron chi connectivity index (χ4n) is 4.49. The zero-order valence-electron chi connectivity index (χ0n) is 14.8. The largest absolute Gasteiger partial charge is 0.347 e. The normalized spacial score (nSPS) is 27.9. The summed E-state index contributed by atoms with van der Waals surface area (Å²) in [7, 11) is 0. The molecule has 3 atom stereocenters. The molecule has 0 aromatic carbocycles. The second kappa shape index (κ2) is 6.45. The number of halogens is 1. The minimum Gasteiger partial charge on any atom is -0.347 e. The SMILES string of the molecule is CSNC1CC2CCC1(C)N2c1cc(-c2ncccc2C)c(Cl)cn1. The highest BCUT2D eigenvalue weighted by Gasteiger charge is 2.55. The first-order chi connectivity index (χ1) is 12.0. The van der Waals surface area contributed by atoms with Gasteiger partial charge in [-0.15, -0.1) is 0 Å². The Bertz CT molecular complexity index is 799. The second-order valence-corrected chi connectivity index (χ2v) is 8.27. The van der Waals surface area contributed by atoms with Gasteiger partial charge in [0.1, 0.15) is 5.82 Å². The molecule has 2 bridgehead atoms. The highest BCUT2D eigenvalue weighted by atomic mass is 35.5. The van der Waals surface area contributed by atoms with Crippen LogP contribution in [0.1, 0.15) is 31.7 Å². The number of nitrogens with one attached hydrogen (secondary N) is 1. The molecule has 2 aromatic rings. The van der Waals surface area contributed by atoms with Gasteiger partial charge in [-0.05, 0) is 57.1 Å². The van der Waals surface area contributed by atoms with Crippen molar-refractivity contribution in [2.24, 2.45) is 0 Å². The number of hydrogen-bond donors (Lipinski definition) is 1. The van der Waals surface area contributed by atoms with E-state index >= 15 is 0 Å². The van der Waals surface area contributed by atoms with Crippen LogP contribution in [0.2, 0.25) is 5.02 Å². The summed E-state index contributed by atoms with van der Waals surface area (Å²) in [6.07, 6.45) is 9.28. The standard InChI is InChI=1S/C19H23ClN4S/c1-12-5-4-8-21-18(12)14-10-17(22-11-15(14)20)24-13-6-7-19(24,2)16(9-13)23-25-3/h4-5,8,10-11,13,16,23H,6-7,9H2,1-3H3. The van der Waals surface area contributed by atoms with E-state index in [0.29, 0.717) is 17.1 Å². The van der Waals surface area contributed by atoms with Crippen LogP contribution in [0.5, 0.6) is 0 Å². The Balaban J connectivity index is 1.76. The Labute approximate surface area is 158 Å². The van der Waals surface area contributed by atoms with Crippen molar-refractivity contribution in [2.45, 2.75) is 50.7 Å². The maximum atomic E-state index is 6.47. The first-order valence-electron chi connectivity index (χ1n) is 8.70. The maximum Gasteiger partial charge on any atom is 0.130 e. The van der Waals surface area contributed by atoms with Crippen molar-refractivity contribution in [2.75, 3.05) is 11.2 Å². The fraction of sp³-hybridized carbons (Fsp3) is 0.474. The molecule has 25 heavy (non-hydrogen) atoms. The van der Waals surface area contributed by atoms with E-state index in [1.165, 1.54) is 19.3 Å². The third kappa shape index (κ3) is 2.73. The molecule has 2 fully saturated rings. The molecule has 0 amide bonds. The van der Waals surface area contributed by atoms with E-state index in [4.69, 9.17) is 11.6 Å². The van der Waals surface area contributed by atoms with Gasteiger partial charge in [0.15, 0.2) is 0 Å². The lowest BCUT2D eigenvalue weighted by Crippen LogP contribution is -2.50. The molecule has 6 heteroatoms. The fourth-order valence-corrected chi connectivity index (χ4v) is 5.32. The zero-order chi connectivity index (χ0) is 17.6. The average Bonchev–Trinajstić information content (AvgIpc) is 3.06.